The molecule has 1 aromatic rings. The molecule has 0 spiro atoms. The highest BCUT2D eigenvalue weighted by molar-refractivity contribution is 6.36. The van der Waals surface area contributed by atoms with Crippen molar-refractivity contribution in [3.8, 4) is 0 Å². The van der Waals surface area contributed by atoms with Gasteiger partial charge in [-0.25, -0.2) is 0 Å². The van der Waals surface area contributed by atoms with E-state index in [1.54, 1.807) is 18.2 Å². The molecule has 1 aliphatic carbocycles. The summed E-state index contributed by atoms with van der Waals surface area (Å²) >= 11 is 12.3. The van der Waals surface area contributed by atoms with Crippen molar-refractivity contribution in [3.63, 3.8) is 0 Å². The number of carboxylic acids is 1. The number of nitrogens with one attached hydrogen (secondary N) is 1. The third-order valence-corrected chi connectivity index (χ3v) is 4.66. The van der Waals surface area contributed by atoms with Crippen LogP contribution >= 0.6 is 23.2 Å². The van der Waals surface area contributed by atoms with Crippen LogP contribution in [0.2, 0.25) is 10.0 Å². The maximum Gasteiger partial charge on any atom is 0.307 e. The van der Waals surface area contributed by atoms with Gasteiger partial charge in [0.05, 0.1) is 11.8 Å². The van der Waals surface area contributed by atoms with Crippen LogP contribution in [0.1, 0.15) is 31.2 Å². The Bertz CT molecular complexity index is 542. The molecular weight excluding hydrogens is 313 g/mol. The van der Waals surface area contributed by atoms with Crippen molar-refractivity contribution in [2.75, 3.05) is 6.54 Å². The van der Waals surface area contributed by atoms with Crippen LogP contribution < -0.4 is 5.32 Å². The van der Waals surface area contributed by atoms with Crippen LogP contribution in [0, 0.1) is 11.8 Å². The molecule has 1 amide bonds. The quantitative estimate of drug-likeness (QED) is 0.870. The molecule has 0 saturated heterocycles. The van der Waals surface area contributed by atoms with E-state index in [1.807, 2.05) is 6.92 Å². The molecule has 21 heavy (non-hydrogen) atoms. The summed E-state index contributed by atoms with van der Waals surface area (Å²) < 4.78 is 0. The lowest BCUT2D eigenvalue weighted by molar-refractivity contribution is -0.152. The molecule has 6 heteroatoms. The van der Waals surface area contributed by atoms with E-state index in [0.717, 1.165) is 5.56 Å². The summed E-state index contributed by atoms with van der Waals surface area (Å²) in [7, 11) is 0. The molecule has 1 aliphatic rings. The summed E-state index contributed by atoms with van der Waals surface area (Å²) in [6.07, 6.45) is 1.20. The summed E-state index contributed by atoms with van der Waals surface area (Å²) in [4.78, 5) is 22.9. The molecule has 1 aromatic carbocycles. The van der Waals surface area contributed by atoms with Crippen molar-refractivity contribution in [2.24, 2.45) is 11.8 Å². The van der Waals surface area contributed by atoms with Crippen LogP contribution in [-0.4, -0.2) is 23.5 Å². The highest BCUT2D eigenvalue weighted by atomic mass is 35.5. The van der Waals surface area contributed by atoms with Crippen LogP contribution in [0.5, 0.6) is 0 Å². The smallest absolute Gasteiger partial charge is 0.307 e. The maximum absolute atomic E-state index is 12.0. The number of rotatable bonds is 5. The molecule has 0 heterocycles. The number of carbonyl (C=O) groups is 2. The number of halogens is 2. The van der Waals surface area contributed by atoms with E-state index in [2.05, 4.69) is 5.32 Å². The van der Waals surface area contributed by atoms with Gasteiger partial charge in [0, 0.05) is 22.5 Å². The van der Waals surface area contributed by atoms with Crippen LogP contribution in [0.4, 0.5) is 0 Å². The third-order valence-electron chi connectivity index (χ3n) is 4.00. The maximum atomic E-state index is 12.0. The van der Waals surface area contributed by atoms with Crippen LogP contribution in [0.25, 0.3) is 0 Å². The fourth-order valence-corrected chi connectivity index (χ4v) is 3.35. The average Bonchev–Trinajstić information content (AvgIpc) is 2.34. The topological polar surface area (TPSA) is 66.4 Å². The molecule has 0 aliphatic heterocycles. The number of aliphatic carboxylic acids is 1. The Hall–Kier alpha value is -1.26. The number of hydrogen-bond acceptors (Lipinski definition) is 2. The summed E-state index contributed by atoms with van der Waals surface area (Å²) in [5, 5.41) is 12.9. The third kappa shape index (κ3) is 3.50. The van der Waals surface area contributed by atoms with Gasteiger partial charge in [-0.15, -0.1) is 0 Å². The first-order valence-corrected chi connectivity index (χ1v) is 7.61. The van der Waals surface area contributed by atoms with E-state index in [9.17, 15) is 9.59 Å². The fourth-order valence-electron chi connectivity index (χ4n) is 2.58. The highest BCUT2D eigenvalue weighted by Gasteiger charge is 2.41. The number of hydrogen-bond donors (Lipinski definition) is 2. The minimum atomic E-state index is -0.899. The van der Waals surface area contributed by atoms with Gasteiger partial charge in [-0.2, -0.15) is 0 Å². The van der Waals surface area contributed by atoms with Gasteiger partial charge in [-0.1, -0.05) is 36.2 Å². The van der Waals surface area contributed by atoms with Crippen molar-refractivity contribution in [1.29, 1.82) is 0 Å². The lowest BCUT2D eigenvalue weighted by Crippen LogP contribution is -2.44. The average molecular weight is 330 g/mol. The number of carboxylic acid groups (broad SMARTS) is 1. The van der Waals surface area contributed by atoms with E-state index in [1.165, 1.54) is 0 Å². The number of benzene rings is 1. The van der Waals surface area contributed by atoms with Gasteiger partial charge >= 0.3 is 5.97 Å². The Morgan fingerprint density at radius 2 is 1.86 bits per heavy atom. The molecule has 1 fully saturated rings. The van der Waals surface area contributed by atoms with Gasteiger partial charge in [0.15, 0.2) is 0 Å². The highest BCUT2D eigenvalue weighted by Crippen LogP contribution is 2.35. The van der Waals surface area contributed by atoms with Gasteiger partial charge in [0.1, 0.15) is 0 Å². The largest absolute Gasteiger partial charge is 0.481 e. The molecule has 1 saturated carbocycles. The molecule has 0 radical (unpaired) electrons. The Morgan fingerprint density at radius 1 is 1.29 bits per heavy atom. The molecule has 0 bridgehead atoms. The molecule has 2 rings (SSSR count). The molecular formula is C15H17Cl2NO3. The van der Waals surface area contributed by atoms with E-state index < -0.39 is 17.8 Å². The Morgan fingerprint density at radius 3 is 2.33 bits per heavy atom. The van der Waals surface area contributed by atoms with Gasteiger partial charge in [-0.3, -0.25) is 9.59 Å². The van der Waals surface area contributed by atoms with Crippen LogP contribution in [-0.2, 0) is 9.59 Å². The Labute approximate surface area is 133 Å². The predicted molar refractivity (Wildman–Crippen MR) is 81.7 cm³/mol. The monoisotopic (exact) mass is 329 g/mol. The predicted octanol–water partition coefficient (Wildman–Crippen LogP) is 3.32. The van der Waals surface area contributed by atoms with Gasteiger partial charge < -0.3 is 10.4 Å². The van der Waals surface area contributed by atoms with Crippen molar-refractivity contribution in [2.45, 2.75) is 25.7 Å². The zero-order valence-corrected chi connectivity index (χ0v) is 13.1. The minimum Gasteiger partial charge on any atom is -0.481 e. The van der Waals surface area contributed by atoms with Crippen LogP contribution in [0.3, 0.4) is 0 Å². The summed E-state index contributed by atoms with van der Waals surface area (Å²) in [6.45, 7) is 2.30. The van der Waals surface area contributed by atoms with Crippen molar-refractivity contribution in [1.82, 2.24) is 5.32 Å². The number of amides is 1. The van der Waals surface area contributed by atoms with Crippen LogP contribution in [0.15, 0.2) is 18.2 Å². The first-order valence-electron chi connectivity index (χ1n) is 6.86. The Balaban J connectivity index is 1.94. The zero-order chi connectivity index (χ0) is 15.6. The normalized spacial score (nSPS) is 22.2. The van der Waals surface area contributed by atoms with Gasteiger partial charge in [0.25, 0.3) is 0 Å². The Kier molecular flexibility index (Phi) is 5.12. The summed E-state index contributed by atoms with van der Waals surface area (Å²) in [6, 6.07) is 5.28. The molecule has 4 nitrogen and oxygen atoms in total. The van der Waals surface area contributed by atoms with E-state index in [-0.39, 0.29) is 11.8 Å². The second kappa shape index (κ2) is 6.67. The van der Waals surface area contributed by atoms with Gasteiger partial charge in [-0.05, 0) is 30.5 Å². The second-order valence-electron chi connectivity index (χ2n) is 5.41. The SMILES string of the molecule is CC(CNC(=O)C1CCC1C(=O)O)c1c(Cl)cccc1Cl. The molecule has 0 aromatic heterocycles. The zero-order valence-electron chi connectivity index (χ0n) is 11.6. The van der Waals surface area contributed by atoms with Crippen molar-refractivity contribution in [3.05, 3.63) is 33.8 Å². The van der Waals surface area contributed by atoms with Crippen molar-refractivity contribution >= 4 is 35.1 Å². The molecule has 3 unspecified atom stereocenters. The summed E-state index contributed by atoms with van der Waals surface area (Å²) in [5.74, 6) is -2.12. The summed E-state index contributed by atoms with van der Waals surface area (Å²) in [5.41, 5.74) is 0.796. The second-order valence-corrected chi connectivity index (χ2v) is 6.22. The lowest BCUT2D eigenvalue weighted by Gasteiger charge is -2.32. The molecule has 3 atom stereocenters. The van der Waals surface area contributed by atoms with E-state index >= 15 is 0 Å². The van der Waals surface area contributed by atoms with E-state index in [4.69, 9.17) is 28.3 Å². The van der Waals surface area contributed by atoms with Crippen molar-refractivity contribution < 1.29 is 14.7 Å². The standard InChI is InChI=1S/C15H17Cl2NO3/c1-8(13-11(16)3-2-4-12(13)17)7-18-14(19)9-5-6-10(9)15(20)21/h2-4,8-10H,5-7H2,1H3,(H,18,19)(H,20,21). The number of carbonyl (C=O) groups excluding carboxylic acids is 1. The fraction of sp³-hybridized carbons (Fsp3) is 0.467. The first kappa shape index (κ1) is 16.1. The van der Waals surface area contributed by atoms with Gasteiger partial charge in [0.2, 0.25) is 5.91 Å². The molecule has 2 N–H and O–H groups in total. The lowest BCUT2D eigenvalue weighted by atomic mass is 9.73. The molecule has 114 valence electrons. The van der Waals surface area contributed by atoms with E-state index in [0.29, 0.717) is 29.4 Å². The minimum absolute atomic E-state index is 0.0431. The first-order chi connectivity index (χ1) is 9.91.